The van der Waals surface area contributed by atoms with Crippen LogP contribution in [0.25, 0.3) is 0 Å². The zero-order valence-corrected chi connectivity index (χ0v) is 12.9. The summed E-state index contributed by atoms with van der Waals surface area (Å²) in [6, 6.07) is 18.8. The van der Waals surface area contributed by atoms with Crippen molar-refractivity contribution >= 4 is 12.4 Å². The van der Waals surface area contributed by atoms with E-state index in [2.05, 4.69) is 49.0 Å². The Bertz CT molecular complexity index is 555. The van der Waals surface area contributed by atoms with Gasteiger partial charge in [-0.25, -0.2) is 0 Å². The van der Waals surface area contributed by atoms with Crippen molar-refractivity contribution in [2.45, 2.75) is 25.3 Å². The van der Waals surface area contributed by atoms with E-state index < -0.39 is 0 Å². The van der Waals surface area contributed by atoms with Crippen molar-refractivity contribution in [2.75, 3.05) is 0 Å². The van der Waals surface area contributed by atoms with E-state index in [4.69, 9.17) is 5.73 Å². The lowest BCUT2D eigenvalue weighted by molar-refractivity contribution is 0.547. The normalized spacial score (nSPS) is 12.3. The van der Waals surface area contributed by atoms with Crippen molar-refractivity contribution in [3.05, 3.63) is 83.9 Å². The number of halogens is 1. The standard InChI is InChI=1S/C18H21N.ClH/c1-4-15(14-10-6-5-7-11-14)16-12-8-9-13-17(16)18(2,3)19;/h4-13,15H,1,19H2,2-3H3;1H. The molecule has 0 heterocycles. The third-order valence-corrected chi connectivity index (χ3v) is 3.38. The van der Waals surface area contributed by atoms with Gasteiger partial charge in [0.05, 0.1) is 0 Å². The summed E-state index contributed by atoms with van der Waals surface area (Å²) in [7, 11) is 0. The Morgan fingerprint density at radius 2 is 1.55 bits per heavy atom. The van der Waals surface area contributed by atoms with Gasteiger partial charge in [-0.15, -0.1) is 19.0 Å². The summed E-state index contributed by atoms with van der Waals surface area (Å²) in [5.74, 6) is 0.181. The highest BCUT2D eigenvalue weighted by molar-refractivity contribution is 5.85. The van der Waals surface area contributed by atoms with Crippen molar-refractivity contribution in [3.8, 4) is 0 Å². The molecule has 2 rings (SSSR count). The van der Waals surface area contributed by atoms with Gasteiger partial charge in [0.15, 0.2) is 0 Å². The van der Waals surface area contributed by atoms with Crippen molar-refractivity contribution in [1.82, 2.24) is 0 Å². The van der Waals surface area contributed by atoms with E-state index in [0.29, 0.717) is 0 Å². The fraction of sp³-hybridized carbons (Fsp3) is 0.222. The molecule has 1 nitrogen and oxygen atoms in total. The molecule has 2 aromatic carbocycles. The summed E-state index contributed by atoms with van der Waals surface area (Å²) in [6.45, 7) is 8.07. The molecule has 0 aliphatic carbocycles. The minimum atomic E-state index is -0.355. The van der Waals surface area contributed by atoms with Gasteiger partial charge in [0.25, 0.3) is 0 Å². The van der Waals surface area contributed by atoms with Crippen LogP contribution in [0.4, 0.5) is 0 Å². The van der Waals surface area contributed by atoms with Gasteiger partial charge in [0.1, 0.15) is 0 Å². The largest absolute Gasteiger partial charge is 0.322 e. The molecule has 1 atom stereocenters. The molecule has 1 unspecified atom stereocenters. The topological polar surface area (TPSA) is 26.0 Å². The predicted octanol–water partition coefficient (Wildman–Crippen LogP) is 4.62. The summed E-state index contributed by atoms with van der Waals surface area (Å²) in [4.78, 5) is 0. The lowest BCUT2D eigenvalue weighted by Gasteiger charge is -2.26. The second kappa shape index (κ2) is 6.74. The molecule has 2 heteroatoms. The van der Waals surface area contributed by atoms with Gasteiger partial charge in [0.2, 0.25) is 0 Å². The number of nitrogens with two attached hydrogens (primary N) is 1. The Morgan fingerprint density at radius 1 is 1.00 bits per heavy atom. The fourth-order valence-corrected chi connectivity index (χ4v) is 2.46. The first kappa shape index (κ1) is 16.5. The van der Waals surface area contributed by atoms with E-state index in [0.717, 1.165) is 0 Å². The van der Waals surface area contributed by atoms with Crippen molar-refractivity contribution in [1.29, 1.82) is 0 Å². The van der Waals surface area contributed by atoms with E-state index in [1.807, 2.05) is 32.1 Å². The van der Waals surface area contributed by atoms with Crippen LogP contribution in [0.5, 0.6) is 0 Å². The molecule has 0 saturated carbocycles. The van der Waals surface area contributed by atoms with Gasteiger partial charge in [-0.1, -0.05) is 60.7 Å². The maximum atomic E-state index is 6.29. The average molecular weight is 288 g/mol. The van der Waals surface area contributed by atoms with Crippen molar-refractivity contribution in [2.24, 2.45) is 5.73 Å². The zero-order chi connectivity index (χ0) is 13.9. The Balaban J connectivity index is 0.00000200. The fourth-order valence-electron chi connectivity index (χ4n) is 2.46. The van der Waals surface area contributed by atoms with Crippen LogP contribution in [0.3, 0.4) is 0 Å². The minimum absolute atomic E-state index is 0. The summed E-state index contributed by atoms with van der Waals surface area (Å²) < 4.78 is 0. The average Bonchev–Trinajstić information content (AvgIpc) is 2.40. The molecule has 0 amide bonds. The third kappa shape index (κ3) is 3.50. The molecular formula is C18H22ClN. The molecule has 0 saturated heterocycles. The van der Waals surface area contributed by atoms with Crippen LogP contribution in [0.2, 0.25) is 0 Å². The van der Waals surface area contributed by atoms with Crippen LogP contribution in [0.1, 0.15) is 36.5 Å². The number of rotatable bonds is 4. The first-order chi connectivity index (χ1) is 9.04. The molecular weight excluding hydrogens is 266 g/mol. The number of allylic oxidation sites excluding steroid dienone is 1. The number of hydrogen-bond donors (Lipinski definition) is 1. The second-order valence-corrected chi connectivity index (χ2v) is 5.43. The van der Waals surface area contributed by atoms with Gasteiger partial charge in [0, 0.05) is 11.5 Å². The summed E-state index contributed by atoms with van der Waals surface area (Å²) in [6.07, 6.45) is 1.99. The second-order valence-electron chi connectivity index (χ2n) is 5.43. The van der Waals surface area contributed by atoms with Gasteiger partial charge in [-0.05, 0) is 30.5 Å². The molecule has 0 fully saturated rings. The van der Waals surface area contributed by atoms with Gasteiger partial charge >= 0.3 is 0 Å². The Labute approximate surface area is 127 Å². The molecule has 2 aromatic rings. The van der Waals surface area contributed by atoms with Crippen LogP contribution < -0.4 is 5.73 Å². The molecule has 0 aliphatic heterocycles. The molecule has 20 heavy (non-hydrogen) atoms. The molecule has 2 N–H and O–H groups in total. The van der Waals surface area contributed by atoms with Gasteiger partial charge in [-0.3, -0.25) is 0 Å². The summed E-state index contributed by atoms with van der Waals surface area (Å²) in [5, 5.41) is 0. The first-order valence-corrected chi connectivity index (χ1v) is 6.60. The van der Waals surface area contributed by atoms with E-state index in [-0.39, 0.29) is 23.9 Å². The highest BCUT2D eigenvalue weighted by atomic mass is 35.5. The molecule has 0 spiro atoms. The van der Waals surface area contributed by atoms with Crippen molar-refractivity contribution < 1.29 is 0 Å². The molecule has 0 aromatic heterocycles. The summed E-state index contributed by atoms with van der Waals surface area (Å²) >= 11 is 0. The maximum absolute atomic E-state index is 6.29. The highest BCUT2D eigenvalue weighted by Crippen LogP contribution is 2.32. The number of hydrogen-bond acceptors (Lipinski definition) is 1. The van der Waals surface area contributed by atoms with Crippen LogP contribution >= 0.6 is 12.4 Å². The Hall–Kier alpha value is -1.57. The van der Waals surface area contributed by atoms with Crippen LogP contribution in [-0.4, -0.2) is 0 Å². The zero-order valence-electron chi connectivity index (χ0n) is 12.0. The van der Waals surface area contributed by atoms with Crippen LogP contribution in [0.15, 0.2) is 67.3 Å². The van der Waals surface area contributed by atoms with Crippen molar-refractivity contribution in [3.63, 3.8) is 0 Å². The first-order valence-electron chi connectivity index (χ1n) is 6.60. The van der Waals surface area contributed by atoms with E-state index >= 15 is 0 Å². The summed E-state index contributed by atoms with van der Waals surface area (Å²) in [5.41, 5.74) is 9.59. The predicted molar refractivity (Wildman–Crippen MR) is 89.4 cm³/mol. The quantitative estimate of drug-likeness (QED) is 0.816. The van der Waals surface area contributed by atoms with Gasteiger partial charge < -0.3 is 5.73 Å². The SMILES string of the molecule is C=CC(c1ccccc1)c1ccccc1C(C)(C)N.Cl. The monoisotopic (exact) mass is 287 g/mol. The maximum Gasteiger partial charge on any atom is 0.0355 e. The van der Waals surface area contributed by atoms with E-state index in [1.165, 1.54) is 16.7 Å². The molecule has 106 valence electrons. The lowest BCUT2D eigenvalue weighted by atomic mass is 9.82. The van der Waals surface area contributed by atoms with Crippen LogP contribution in [0, 0.1) is 0 Å². The minimum Gasteiger partial charge on any atom is -0.322 e. The van der Waals surface area contributed by atoms with E-state index in [1.54, 1.807) is 0 Å². The number of benzene rings is 2. The molecule has 0 aliphatic rings. The molecule has 0 radical (unpaired) electrons. The lowest BCUT2D eigenvalue weighted by Crippen LogP contribution is -2.30. The van der Waals surface area contributed by atoms with Gasteiger partial charge in [-0.2, -0.15) is 0 Å². The molecule has 0 bridgehead atoms. The Morgan fingerprint density at radius 3 is 2.10 bits per heavy atom. The van der Waals surface area contributed by atoms with E-state index in [9.17, 15) is 0 Å². The smallest absolute Gasteiger partial charge is 0.0355 e. The third-order valence-electron chi connectivity index (χ3n) is 3.38. The van der Waals surface area contributed by atoms with Crippen LogP contribution in [-0.2, 0) is 5.54 Å². The highest BCUT2D eigenvalue weighted by Gasteiger charge is 2.22. The Kier molecular flexibility index (Phi) is 5.55.